The number of methoxy groups -OCH3 is 1. The molecule has 0 saturated heterocycles. The van der Waals surface area contributed by atoms with E-state index in [-0.39, 0.29) is 5.41 Å². The maximum atomic E-state index is 8.91. The zero-order valence-corrected chi connectivity index (χ0v) is 12.0. The first kappa shape index (κ1) is 14.0. The molecular formula is C13H17BrN2O. The molecule has 0 radical (unpaired) electrons. The molecule has 1 aromatic rings. The van der Waals surface area contributed by atoms with E-state index in [0.29, 0.717) is 13.1 Å². The largest absolute Gasteiger partial charge is 0.497 e. The lowest BCUT2D eigenvalue weighted by Gasteiger charge is -2.16. The molecule has 0 unspecified atom stereocenters. The Morgan fingerprint density at radius 3 is 2.76 bits per heavy atom. The lowest BCUT2D eigenvalue weighted by atomic mass is 9.96. The molecule has 0 saturated carbocycles. The first-order valence-electron chi connectivity index (χ1n) is 5.43. The van der Waals surface area contributed by atoms with Crippen molar-refractivity contribution in [3.63, 3.8) is 0 Å². The van der Waals surface area contributed by atoms with E-state index >= 15 is 0 Å². The number of nitriles is 1. The van der Waals surface area contributed by atoms with E-state index in [1.54, 1.807) is 7.11 Å². The van der Waals surface area contributed by atoms with Crippen molar-refractivity contribution in [2.75, 3.05) is 13.7 Å². The molecule has 0 aromatic heterocycles. The minimum atomic E-state index is -0.342. The molecule has 0 aliphatic carbocycles. The number of halogens is 1. The normalized spacial score (nSPS) is 11.0. The second-order valence-electron chi connectivity index (χ2n) is 4.56. The number of hydrogen-bond acceptors (Lipinski definition) is 3. The van der Waals surface area contributed by atoms with Gasteiger partial charge in [0.25, 0.3) is 0 Å². The predicted octanol–water partition coefficient (Wildman–Crippen LogP) is 3.10. The number of rotatable bonds is 5. The fraction of sp³-hybridized carbons (Fsp3) is 0.462. The molecule has 0 fully saturated rings. The van der Waals surface area contributed by atoms with Crippen molar-refractivity contribution in [3.05, 3.63) is 28.2 Å². The van der Waals surface area contributed by atoms with Gasteiger partial charge in [-0.2, -0.15) is 5.26 Å². The third-order valence-corrected chi connectivity index (χ3v) is 3.21. The minimum absolute atomic E-state index is 0.342. The van der Waals surface area contributed by atoms with Crippen LogP contribution >= 0.6 is 15.9 Å². The smallest absolute Gasteiger partial charge is 0.119 e. The van der Waals surface area contributed by atoms with Crippen LogP contribution in [0.3, 0.4) is 0 Å². The minimum Gasteiger partial charge on any atom is -0.497 e. The van der Waals surface area contributed by atoms with E-state index in [9.17, 15) is 0 Å². The number of nitrogens with zero attached hydrogens (tertiary/aromatic N) is 1. The Hall–Kier alpha value is -1.05. The molecule has 17 heavy (non-hydrogen) atoms. The highest BCUT2D eigenvalue weighted by atomic mass is 79.9. The van der Waals surface area contributed by atoms with Gasteiger partial charge in [0, 0.05) is 17.6 Å². The molecule has 0 atom stereocenters. The maximum absolute atomic E-state index is 8.91. The quantitative estimate of drug-likeness (QED) is 0.908. The second kappa shape index (κ2) is 6.04. The van der Waals surface area contributed by atoms with Crippen LogP contribution in [0.1, 0.15) is 19.4 Å². The van der Waals surface area contributed by atoms with Crippen molar-refractivity contribution in [2.45, 2.75) is 20.4 Å². The summed E-state index contributed by atoms with van der Waals surface area (Å²) >= 11 is 3.50. The van der Waals surface area contributed by atoms with Crippen molar-refractivity contribution in [1.29, 1.82) is 5.26 Å². The van der Waals surface area contributed by atoms with Gasteiger partial charge in [-0.25, -0.2) is 0 Å². The summed E-state index contributed by atoms with van der Waals surface area (Å²) in [7, 11) is 1.65. The highest BCUT2D eigenvalue weighted by Crippen LogP contribution is 2.22. The van der Waals surface area contributed by atoms with Gasteiger partial charge in [0.2, 0.25) is 0 Å². The van der Waals surface area contributed by atoms with Gasteiger partial charge in [0.1, 0.15) is 5.75 Å². The van der Waals surface area contributed by atoms with E-state index in [1.807, 2.05) is 32.0 Å². The average Bonchev–Trinajstić information content (AvgIpc) is 2.31. The molecule has 1 N–H and O–H groups in total. The molecule has 92 valence electrons. The summed E-state index contributed by atoms with van der Waals surface area (Å²) in [5.41, 5.74) is 0.781. The lowest BCUT2D eigenvalue weighted by molar-refractivity contribution is 0.413. The molecule has 0 aliphatic rings. The monoisotopic (exact) mass is 296 g/mol. The fourth-order valence-corrected chi connectivity index (χ4v) is 1.75. The van der Waals surface area contributed by atoms with Gasteiger partial charge in [0.05, 0.1) is 18.6 Å². The molecule has 0 spiro atoms. The van der Waals surface area contributed by atoms with Gasteiger partial charge in [-0.3, -0.25) is 0 Å². The highest BCUT2D eigenvalue weighted by molar-refractivity contribution is 9.10. The molecule has 3 nitrogen and oxygen atoms in total. The molecule has 0 amide bonds. The maximum Gasteiger partial charge on any atom is 0.119 e. The van der Waals surface area contributed by atoms with E-state index in [1.165, 1.54) is 0 Å². The van der Waals surface area contributed by atoms with Gasteiger partial charge in [0.15, 0.2) is 0 Å². The zero-order chi connectivity index (χ0) is 12.9. The summed E-state index contributed by atoms with van der Waals surface area (Å²) in [5, 5.41) is 12.2. The molecule has 4 heteroatoms. The van der Waals surface area contributed by atoms with Crippen LogP contribution in [0.5, 0.6) is 5.75 Å². The Labute approximate surface area is 111 Å². The SMILES string of the molecule is COc1ccc(Br)c(CNCC(C)(C)C#N)c1. The summed E-state index contributed by atoms with van der Waals surface area (Å²) in [5.74, 6) is 0.838. The summed E-state index contributed by atoms with van der Waals surface area (Å²) in [6.45, 7) is 5.21. The molecule has 0 heterocycles. The lowest BCUT2D eigenvalue weighted by Crippen LogP contribution is -2.27. The number of ether oxygens (including phenoxy) is 1. The van der Waals surface area contributed by atoms with E-state index in [4.69, 9.17) is 10.00 Å². The van der Waals surface area contributed by atoms with Crippen LogP contribution in [0.25, 0.3) is 0 Å². The van der Waals surface area contributed by atoms with Crippen molar-refractivity contribution >= 4 is 15.9 Å². The Morgan fingerprint density at radius 2 is 2.18 bits per heavy atom. The van der Waals surface area contributed by atoms with Crippen LogP contribution in [0.2, 0.25) is 0 Å². The van der Waals surface area contributed by atoms with Gasteiger partial charge in [-0.05, 0) is 37.6 Å². The van der Waals surface area contributed by atoms with Crippen LogP contribution in [0.15, 0.2) is 22.7 Å². The van der Waals surface area contributed by atoms with Crippen molar-refractivity contribution < 1.29 is 4.74 Å². The number of hydrogen-bond donors (Lipinski definition) is 1. The first-order chi connectivity index (χ1) is 7.98. The van der Waals surface area contributed by atoms with E-state index in [2.05, 4.69) is 27.3 Å². The average molecular weight is 297 g/mol. The van der Waals surface area contributed by atoms with E-state index < -0.39 is 0 Å². The molecule has 1 rings (SSSR count). The van der Waals surface area contributed by atoms with Crippen LogP contribution in [-0.4, -0.2) is 13.7 Å². The van der Waals surface area contributed by atoms with Crippen LogP contribution in [-0.2, 0) is 6.54 Å². The van der Waals surface area contributed by atoms with Gasteiger partial charge >= 0.3 is 0 Å². The molecule has 0 bridgehead atoms. The van der Waals surface area contributed by atoms with Gasteiger partial charge < -0.3 is 10.1 Å². The Bertz CT molecular complexity index is 424. The fourth-order valence-electron chi connectivity index (χ4n) is 1.36. The van der Waals surface area contributed by atoms with Gasteiger partial charge in [-0.15, -0.1) is 0 Å². The topological polar surface area (TPSA) is 45.0 Å². The summed E-state index contributed by atoms with van der Waals surface area (Å²) in [4.78, 5) is 0. The Balaban J connectivity index is 2.61. The Kier molecular flexibility index (Phi) is 4.98. The highest BCUT2D eigenvalue weighted by Gasteiger charge is 2.15. The predicted molar refractivity (Wildman–Crippen MR) is 71.8 cm³/mol. The summed E-state index contributed by atoms with van der Waals surface area (Å²) < 4.78 is 6.22. The number of benzene rings is 1. The molecule has 1 aromatic carbocycles. The molecule has 0 aliphatic heterocycles. The zero-order valence-electron chi connectivity index (χ0n) is 10.4. The van der Waals surface area contributed by atoms with Crippen LogP contribution in [0.4, 0.5) is 0 Å². The second-order valence-corrected chi connectivity index (χ2v) is 5.41. The Morgan fingerprint density at radius 1 is 1.47 bits per heavy atom. The summed E-state index contributed by atoms with van der Waals surface area (Å²) in [6.07, 6.45) is 0. The molecular weight excluding hydrogens is 280 g/mol. The van der Waals surface area contributed by atoms with E-state index in [0.717, 1.165) is 15.8 Å². The van der Waals surface area contributed by atoms with Crippen molar-refractivity contribution in [3.8, 4) is 11.8 Å². The van der Waals surface area contributed by atoms with Crippen LogP contribution < -0.4 is 10.1 Å². The van der Waals surface area contributed by atoms with Crippen LogP contribution in [0, 0.1) is 16.7 Å². The first-order valence-corrected chi connectivity index (χ1v) is 6.22. The van der Waals surface area contributed by atoms with Crippen molar-refractivity contribution in [1.82, 2.24) is 5.32 Å². The third-order valence-electron chi connectivity index (χ3n) is 2.44. The third kappa shape index (κ3) is 4.37. The standard InChI is InChI=1S/C13H17BrN2O/c1-13(2,8-15)9-16-7-10-6-11(17-3)4-5-12(10)14/h4-6,16H,7,9H2,1-3H3. The van der Waals surface area contributed by atoms with Gasteiger partial charge in [-0.1, -0.05) is 15.9 Å². The number of nitrogens with one attached hydrogen (secondary N) is 1. The summed E-state index contributed by atoms with van der Waals surface area (Å²) in [6, 6.07) is 8.12. The van der Waals surface area contributed by atoms with Crippen molar-refractivity contribution in [2.24, 2.45) is 5.41 Å².